The molecule has 1 N–H and O–H groups in total. The highest BCUT2D eigenvalue weighted by Crippen LogP contribution is 2.50. The number of epoxide rings is 1. The Balaban J connectivity index is 1.92. The zero-order chi connectivity index (χ0) is 19.1. The smallest absolute Gasteiger partial charge is 0.334 e. The van der Waals surface area contributed by atoms with Crippen LogP contribution in [0.15, 0.2) is 35.5 Å². The summed E-state index contributed by atoms with van der Waals surface area (Å²) in [7, 11) is 0. The normalized spacial score (nSPS) is 39.2. The second kappa shape index (κ2) is 7.00. The van der Waals surface area contributed by atoms with Crippen LogP contribution in [0.2, 0.25) is 0 Å². The van der Waals surface area contributed by atoms with Crippen LogP contribution < -0.4 is 0 Å². The molecule has 1 aliphatic carbocycles. The molecule has 2 aliphatic heterocycles. The van der Waals surface area contributed by atoms with Gasteiger partial charge in [-0.2, -0.15) is 0 Å². The fourth-order valence-corrected chi connectivity index (χ4v) is 3.86. The molecule has 0 saturated carbocycles. The van der Waals surface area contributed by atoms with Crippen LogP contribution >= 0.6 is 0 Å². The van der Waals surface area contributed by atoms with Crippen molar-refractivity contribution in [1.29, 1.82) is 0 Å². The third kappa shape index (κ3) is 3.48. The molecule has 142 valence electrons. The van der Waals surface area contributed by atoms with Crippen LogP contribution in [0.1, 0.15) is 40.0 Å². The molecule has 6 nitrogen and oxygen atoms in total. The number of rotatable bonds is 3. The Morgan fingerprint density at radius 1 is 1.54 bits per heavy atom. The van der Waals surface area contributed by atoms with E-state index in [0.717, 1.165) is 18.4 Å². The Bertz CT molecular complexity index is 690. The van der Waals surface area contributed by atoms with E-state index in [1.54, 1.807) is 6.92 Å². The Morgan fingerprint density at radius 2 is 2.27 bits per heavy atom. The Hall–Kier alpha value is -1.92. The number of carbonyl (C=O) groups is 2. The van der Waals surface area contributed by atoms with Crippen molar-refractivity contribution in [2.45, 2.75) is 63.9 Å². The number of aliphatic hydroxyl groups excluding tert-OH is 1. The highest BCUT2D eigenvalue weighted by atomic mass is 16.6. The van der Waals surface area contributed by atoms with Gasteiger partial charge in [0.25, 0.3) is 0 Å². The van der Waals surface area contributed by atoms with Gasteiger partial charge >= 0.3 is 11.9 Å². The molecule has 0 radical (unpaired) electrons. The molecule has 0 spiro atoms. The van der Waals surface area contributed by atoms with Crippen molar-refractivity contribution in [1.82, 2.24) is 0 Å². The van der Waals surface area contributed by atoms with Crippen molar-refractivity contribution < 1.29 is 28.9 Å². The minimum atomic E-state index is -0.573. The maximum atomic E-state index is 12.4. The summed E-state index contributed by atoms with van der Waals surface area (Å²) in [5.74, 6) is -1.41. The van der Waals surface area contributed by atoms with E-state index in [2.05, 4.69) is 12.7 Å². The zero-order valence-corrected chi connectivity index (χ0v) is 15.5. The van der Waals surface area contributed by atoms with E-state index in [0.29, 0.717) is 17.6 Å². The SMILES string of the molecule is C=C1C(=O)O[C@H]2[C@H]1[C@H](OC(=O)/C(C)=C/CO)C/C(C)=C\CC[C@@]1(C)O[C@@H]21. The molecule has 0 aromatic rings. The maximum Gasteiger partial charge on any atom is 0.334 e. The van der Waals surface area contributed by atoms with E-state index in [1.807, 2.05) is 13.8 Å². The minimum absolute atomic E-state index is 0.210. The lowest BCUT2D eigenvalue weighted by Crippen LogP contribution is -2.38. The third-order valence-corrected chi connectivity index (χ3v) is 5.54. The van der Waals surface area contributed by atoms with Crippen LogP contribution in [-0.2, 0) is 23.8 Å². The molecule has 3 rings (SSSR count). The van der Waals surface area contributed by atoms with Gasteiger partial charge in [0, 0.05) is 17.6 Å². The summed E-state index contributed by atoms with van der Waals surface area (Å²) in [6.45, 7) is 9.25. The molecule has 0 bridgehead atoms. The molecule has 0 amide bonds. The van der Waals surface area contributed by atoms with Crippen molar-refractivity contribution in [2.24, 2.45) is 5.92 Å². The first-order valence-electron chi connectivity index (χ1n) is 8.98. The predicted octanol–water partition coefficient (Wildman–Crippen LogP) is 2.22. The van der Waals surface area contributed by atoms with Gasteiger partial charge in [-0.15, -0.1) is 0 Å². The molecule has 2 heterocycles. The lowest BCUT2D eigenvalue weighted by Gasteiger charge is -2.28. The van der Waals surface area contributed by atoms with E-state index < -0.39 is 30.1 Å². The number of fused-ring (bicyclic) bond motifs is 3. The summed E-state index contributed by atoms with van der Waals surface area (Å²) in [5.41, 5.74) is 1.40. The van der Waals surface area contributed by atoms with Crippen LogP contribution in [0.3, 0.4) is 0 Å². The van der Waals surface area contributed by atoms with Crippen molar-refractivity contribution in [3.8, 4) is 0 Å². The van der Waals surface area contributed by atoms with Gasteiger partial charge in [-0.05, 0) is 39.7 Å². The standard InChI is InChI=1S/C20H26O6/c1-11-6-5-8-20(4)17(26-20)16-15(13(3)19(23)25-16)14(10-11)24-18(22)12(2)7-9-21/h6-7,14-17,21H,3,5,8-10H2,1-2,4H3/b11-6-,12-7+/t14-,15-,16+,17+,20-/m1/s1. The van der Waals surface area contributed by atoms with E-state index >= 15 is 0 Å². The number of aliphatic hydroxyl groups is 1. The second-order valence-corrected chi connectivity index (χ2v) is 7.58. The zero-order valence-electron chi connectivity index (χ0n) is 15.5. The number of ether oxygens (including phenoxy) is 3. The minimum Gasteiger partial charge on any atom is -0.458 e. The quantitative estimate of drug-likeness (QED) is 0.359. The first kappa shape index (κ1) is 18.9. The topological polar surface area (TPSA) is 85.4 Å². The van der Waals surface area contributed by atoms with E-state index in [4.69, 9.17) is 19.3 Å². The van der Waals surface area contributed by atoms with Gasteiger partial charge < -0.3 is 19.3 Å². The van der Waals surface area contributed by atoms with E-state index in [1.165, 1.54) is 6.08 Å². The van der Waals surface area contributed by atoms with Crippen molar-refractivity contribution in [3.05, 3.63) is 35.5 Å². The largest absolute Gasteiger partial charge is 0.458 e. The average molecular weight is 362 g/mol. The molecular formula is C20H26O6. The fourth-order valence-electron chi connectivity index (χ4n) is 3.86. The van der Waals surface area contributed by atoms with Gasteiger partial charge in [-0.1, -0.05) is 18.2 Å². The number of hydrogen-bond donors (Lipinski definition) is 1. The maximum absolute atomic E-state index is 12.4. The van der Waals surface area contributed by atoms with Crippen LogP contribution in [0.5, 0.6) is 0 Å². The number of allylic oxidation sites excluding steroid dienone is 1. The molecule has 0 aromatic carbocycles. The molecule has 26 heavy (non-hydrogen) atoms. The number of carbonyl (C=O) groups excluding carboxylic acids is 2. The lowest BCUT2D eigenvalue weighted by molar-refractivity contribution is -0.148. The predicted molar refractivity (Wildman–Crippen MR) is 94.1 cm³/mol. The van der Waals surface area contributed by atoms with Gasteiger partial charge in [-0.25, -0.2) is 9.59 Å². The highest BCUT2D eigenvalue weighted by molar-refractivity contribution is 5.91. The first-order valence-corrected chi connectivity index (χ1v) is 8.98. The third-order valence-electron chi connectivity index (χ3n) is 5.54. The molecule has 0 aromatic heterocycles. The van der Waals surface area contributed by atoms with Crippen molar-refractivity contribution in [3.63, 3.8) is 0 Å². The lowest BCUT2D eigenvalue weighted by atomic mass is 9.82. The highest BCUT2D eigenvalue weighted by Gasteiger charge is 2.63. The molecule has 2 saturated heterocycles. The molecule has 5 atom stereocenters. The molecular weight excluding hydrogens is 336 g/mol. The number of hydrogen-bond acceptors (Lipinski definition) is 6. The van der Waals surface area contributed by atoms with Gasteiger partial charge in [0.1, 0.15) is 18.3 Å². The Labute approximate surface area is 153 Å². The van der Waals surface area contributed by atoms with Crippen LogP contribution in [-0.4, -0.2) is 47.6 Å². The van der Waals surface area contributed by atoms with Gasteiger partial charge in [-0.3, -0.25) is 0 Å². The summed E-state index contributed by atoms with van der Waals surface area (Å²) < 4.78 is 17.2. The molecule has 3 aliphatic rings. The van der Waals surface area contributed by atoms with Crippen LogP contribution in [0, 0.1) is 5.92 Å². The molecule has 2 fully saturated rings. The summed E-state index contributed by atoms with van der Waals surface area (Å²) in [4.78, 5) is 24.6. The fraction of sp³-hybridized carbons (Fsp3) is 0.600. The number of esters is 2. The molecule has 6 heteroatoms. The van der Waals surface area contributed by atoms with Gasteiger partial charge in [0.15, 0.2) is 0 Å². The summed E-state index contributed by atoms with van der Waals surface area (Å²) >= 11 is 0. The van der Waals surface area contributed by atoms with Gasteiger partial charge in [0.05, 0.1) is 18.1 Å². The van der Waals surface area contributed by atoms with Crippen LogP contribution in [0.4, 0.5) is 0 Å². The first-order chi connectivity index (χ1) is 12.3. The summed E-state index contributed by atoms with van der Waals surface area (Å²) in [6.07, 6.45) is 4.45. The van der Waals surface area contributed by atoms with E-state index in [-0.39, 0.29) is 18.3 Å². The van der Waals surface area contributed by atoms with E-state index in [9.17, 15) is 9.59 Å². The van der Waals surface area contributed by atoms with Gasteiger partial charge in [0.2, 0.25) is 0 Å². The Kier molecular flexibility index (Phi) is 5.08. The molecule has 0 unspecified atom stereocenters. The monoisotopic (exact) mass is 362 g/mol. The van der Waals surface area contributed by atoms with Crippen molar-refractivity contribution >= 4 is 11.9 Å². The summed E-state index contributed by atoms with van der Waals surface area (Å²) in [6, 6.07) is 0. The summed E-state index contributed by atoms with van der Waals surface area (Å²) in [5, 5.41) is 8.99. The van der Waals surface area contributed by atoms with Crippen molar-refractivity contribution in [2.75, 3.05) is 6.61 Å². The average Bonchev–Trinajstić information content (AvgIpc) is 3.15. The Morgan fingerprint density at radius 3 is 2.96 bits per heavy atom. The van der Waals surface area contributed by atoms with Crippen LogP contribution in [0.25, 0.3) is 0 Å². The second-order valence-electron chi connectivity index (χ2n) is 7.58.